The quantitative estimate of drug-likeness (QED) is 0.474. The van der Waals surface area contributed by atoms with Crippen LogP contribution in [0.25, 0.3) is 27.5 Å². The molecule has 4 aromatic rings. The first-order valence-corrected chi connectivity index (χ1v) is 9.88. The number of aromatic amines is 1. The van der Waals surface area contributed by atoms with Crippen molar-refractivity contribution in [3.8, 4) is 5.75 Å². The number of H-pyrrole nitrogens is 1. The van der Waals surface area contributed by atoms with Crippen LogP contribution < -0.4 is 4.74 Å². The Balaban J connectivity index is 1.40. The number of ether oxygens (including phenoxy) is 1. The van der Waals surface area contributed by atoms with Gasteiger partial charge in [0.1, 0.15) is 23.2 Å². The second-order valence-corrected chi connectivity index (χ2v) is 7.55. The van der Waals surface area contributed by atoms with E-state index < -0.39 is 0 Å². The Labute approximate surface area is 173 Å². The van der Waals surface area contributed by atoms with E-state index in [1.807, 2.05) is 53.0 Å². The van der Waals surface area contributed by atoms with Crippen molar-refractivity contribution >= 4 is 33.3 Å². The Bertz CT molecular complexity index is 1310. The van der Waals surface area contributed by atoms with Crippen LogP contribution in [0, 0.1) is 5.41 Å². The predicted octanol–water partition coefficient (Wildman–Crippen LogP) is 3.87. The summed E-state index contributed by atoms with van der Waals surface area (Å²) < 4.78 is 7.21. The van der Waals surface area contributed by atoms with E-state index in [-0.39, 0.29) is 5.76 Å². The van der Waals surface area contributed by atoms with Crippen molar-refractivity contribution in [2.45, 2.75) is 6.42 Å². The van der Waals surface area contributed by atoms with Gasteiger partial charge in [0.25, 0.3) is 0 Å². The van der Waals surface area contributed by atoms with Crippen LogP contribution >= 0.6 is 0 Å². The maximum atomic E-state index is 10.7. The molecule has 5 rings (SSSR count). The molecular formula is C23H23N5O2. The third kappa shape index (κ3) is 2.82. The highest BCUT2D eigenvalue weighted by atomic mass is 16.5. The van der Waals surface area contributed by atoms with E-state index in [2.05, 4.69) is 22.1 Å². The van der Waals surface area contributed by atoms with Crippen LogP contribution in [0.2, 0.25) is 0 Å². The van der Waals surface area contributed by atoms with Gasteiger partial charge >= 0.3 is 0 Å². The van der Waals surface area contributed by atoms with Crippen molar-refractivity contribution in [1.29, 1.82) is 5.41 Å². The molecule has 0 unspecified atom stereocenters. The van der Waals surface area contributed by atoms with E-state index in [0.717, 1.165) is 28.7 Å². The van der Waals surface area contributed by atoms with Gasteiger partial charge in [-0.25, -0.2) is 4.98 Å². The predicted molar refractivity (Wildman–Crippen MR) is 118 cm³/mol. The number of aliphatic hydroxyl groups is 1. The smallest absolute Gasteiger partial charge is 0.148 e. The fourth-order valence-corrected chi connectivity index (χ4v) is 4.18. The zero-order valence-electron chi connectivity index (χ0n) is 16.9. The summed E-state index contributed by atoms with van der Waals surface area (Å²) in [5.41, 5.74) is 4.52. The Morgan fingerprint density at radius 3 is 2.90 bits per heavy atom. The molecule has 0 bridgehead atoms. The molecule has 7 nitrogen and oxygen atoms in total. The van der Waals surface area contributed by atoms with Gasteiger partial charge in [-0.05, 0) is 30.2 Å². The third-order valence-corrected chi connectivity index (χ3v) is 5.82. The standard InChI is InChI=1S/C23H23N5O2/c1-27-19-8-7-15(30-2)11-18(19)26-23(27)21-20(29)13-28(22(21)24)10-9-14-12-25-17-6-4-3-5-16(14)17/h3-8,11-12,24-25,29H,9-10,13H2,1-2H3. The molecule has 3 heterocycles. The number of methoxy groups -OCH3 is 1. The maximum absolute atomic E-state index is 10.7. The van der Waals surface area contributed by atoms with E-state index in [1.165, 1.54) is 10.9 Å². The number of benzene rings is 2. The van der Waals surface area contributed by atoms with Gasteiger partial charge in [0, 0.05) is 36.8 Å². The summed E-state index contributed by atoms with van der Waals surface area (Å²) in [4.78, 5) is 9.87. The summed E-state index contributed by atoms with van der Waals surface area (Å²) in [6.07, 6.45) is 2.81. The molecule has 7 heteroatoms. The van der Waals surface area contributed by atoms with Crippen molar-refractivity contribution in [1.82, 2.24) is 19.4 Å². The monoisotopic (exact) mass is 401 g/mol. The SMILES string of the molecule is COc1ccc2c(c1)nc(C1=C(O)CN(CCc3c[nH]c4ccccc34)C1=N)n2C. The molecule has 0 fully saturated rings. The zero-order chi connectivity index (χ0) is 20.8. The van der Waals surface area contributed by atoms with Crippen LogP contribution in [0.1, 0.15) is 11.4 Å². The highest BCUT2D eigenvalue weighted by Gasteiger charge is 2.31. The average Bonchev–Trinajstić information content (AvgIpc) is 3.40. The van der Waals surface area contributed by atoms with Crippen LogP contribution in [0.4, 0.5) is 0 Å². The van der Waals surface area contributed by atoms with Crippen LogP contribution in [0.15, 0.2) is 54.4 Å². The molecule has 0 radical (unpaired) electrons. The minimum Gasteiger partial charge on any atom is -0.510 e. The van der Waals surface area contributed by atoms with Crippen molar-refractivity contribution in [2.24, 2.45) is 7.05 Å². The highest BCUT2D eigenvalue weighted by Crippen LogP contribution is 2.30. The first-order chi connectivity index (χ1) is 14.6. The Morgan fingerprint density at radius 1 is 1.23 bits per heavy atom. The normalized spacial score (nSPS) is 14.5. The Morgan fingerprint density at radius 2 is 2.07 bits per heavy atom. The van der Waals surface area contributed by atoms with Crippen LogP contribution in [0.3, 0.4) is 0 Å². The zero-order valence-corrected chi connectivity index (χ0v) is 16.9. The van der Waals surface area contributed by atoms with E-state index in [1.54, 1.807) is 7.11 Å². The number of aryl methyl sites for hydroxylation is 1. The lowest BCUT2D eigenvalue weighted by molar-refractivity contribution is 0.351. The van der Waals surface area contributed by atoms with Gasteiger partial charge in [0.2, 0.25) is 0 Å². The van der Waals surface area contributed by atoms with E-state index in [0.29, 0.717) is 30.3 Å². The summed E-state index contributed by atoms with van der Waals surface area (Å²) in [6.45, 7) is 0.967. The Kier molecular flexibility index (Phi) is 4.24. The molecule has 1 aliphatic heterocycles. The number of para-hydroxylation sites is 1. The van der Waals surface area contributed by atoms with Crippen molar-refractivity contribution in [2.75, 3.05) is 20.2 Å². The molecule has 0 aliphatic carbocycles. The average molecular weight is 401 g/mol. The molecular weight excluding hydrogens is 378 g/mol. The second-order valence-electron chi connectivity index (χ2n) is 7.55. The van der Waals surface area contributed by atoms with Crippen molar-refractivity contribution in [3.63, 3.8) is 0 Å². The van der Waals surface area contributed by atoms with Gasteiger partial charge in [0.15, 0.2) is 0 Å². The van der Waals surface area contributed by atoms with E-state index >= 15 is 0 Å². The Hall–Kier alpha value is -3.74. The molecule has 0 saturated heterocycles. The summed E-state index contributed by atoms with van der Waals surface area (Å²) in [6, 6.07) is 13.9. The first-order valence-electron chi connectivity index (χ1n) is 9.88. The first kappa shape index (κ1) is 18.3. The van der Waals surface area contributed by atoms with Gasteiger partial charge in [-0.2, -0.15) is 0 Å². The van der Waals surface area contributed by atoms with Crippen molar-refractivity contribution < 1.29 is 9.84 Å². The van der Waals surface area contributed by atoms with Gasteiger partial charge < -0.3 is 24.3 Å². The lowest BCUT2D eigenvalue weighted by Crippen LogP contribution is -2.29. The minimum atomic E-state index is 0.185. The topological polar surface area (TPSA) is 90.2 Å². The van der Waals surface area contributed by atoms with Gasteiger partial charge in [-0.1, -0.05) is 18.2 Å². The van der Waals surface area contributed by atoms with Crippen LogP contribution in [-0.4, -0.2) is 50.6 Å². The van der Waals surface area contributed by atoms with Gasteiger partial charge in [-0.3, -0.25) is 5.41 Å². The lowest BCUT2D eigenvalue weighted by Gasteiger charge is -2.18. The number of aromatic nitrogens is 3. The maximum Gasteiger partial charge on any atom is 0.148 e. The number of nitrogens with one attached hydrogen (secondary N) is 2. The summed E-state index contributed by atoms with van der Waals surface area (Å²) in [5.74, 6) is 1.81. The van der Waals surface area contributed by atoms with Crippen LogP contribution in [-0.2, 0) is 13.5 Å². The third-order valence-electron chi connectivity index (χ3n) is 5.82. The molecule has 1 aliphatic rings. The summed E-state index contributed by atoms with van der Waals surface area (Å²) in [7, 11) is 3.52. The fourth-order valence-electron chi connectivity index (χ4n) is 4.18. The fraction of sp³-hybridized carbons (Fsp3) is 0.217. The van der Waals surface area contributed by atoms with Crippen LogP contribution in [0.5, 0.6) is 5.75 Å². The molecule has 0 spiro atoms. The molecule has 0 saturated carbocycles. The number of aliphatic hydroxyl groups excluding tert-OH is 1. The highest BCUT2D eigenvalue weighted by molar-refractivity contribution is 6.23. The largest absolute Gasteiger partial charge is 0.510 e. The number of rotatable bonds is 5. The number of amidine groups is 1. The number of fused-ring (bicyclic) bond motifs is 2. The molecule has 30 heavy (non-hydrogen) atoms. The molecule has 152 valence electrons. The van der Waals surface area contributed by atoms with Gasteiger partial charge in [-0.15, -0.1) is 0 Å². The lowest BCUT2D eigenvalue weighted by atomic mass is 10.1. The van der Waals surface area contributed by atoms with E-state index in [4.69, 9.17) is 10.1 Å². The molecule has 2 aromatic heterocycles. The summed E-state index contributed by atoms with van der Waals surface area (Å²) in [5, 5.41) is 20.6. The van der Waals surface area contributed by atoms with Gasteiger partial charge in [0.05, 0.1) is 30.3 Å². The number of hydrogen-bond donors (Lipinski definition) is 3. The second kappa shape index (κ2) is 6.95. The summed E-state index contributed by atoms with van der Waals surface area (Å²) >= 11 is 0. The molecule has 2 aromatic carbocycles. The van der Waals surface area contributed by atoms with E-state index in [9.17, 15) is 5.11 Å². The molecule has 0 amide bonds. The minimum absolute atomic E-state index is 0.185. The number of nitrogens with zero attached hydrogens (tertiary/aromatic N) is 3. The number of hydrogen-bond acceptors (Lipinski definition) is 4. The molecule has 3 N–H and O–H groups in total. The number of imidazole rings is 1. The van der Waals surface area contributed by atoms with Crippen molar-refractivity contribution in [3.05, 3.63) is 65.8 Å². The molecule has 0 atom stereocenters.